The van der Waals surface area contributed by atoms with Gasteiger partial charge in [-0.3, -0.25) is 4.99 Å². The lowest BCUT2D eigenvalue weighted by molar-refractivity contribution is 0.609. The number of anilines is 1. The molecule has 2 N–H and O–H groups in total. The van der Waals surface area contributed by atoms with Crippen molar-refractivity contribution in [1.29, 1.82) is 0 Å². The number of para-hydroxylation sites is 1. The molecular formula is C12H20N4. The van der Waals surface area contributed by atoms with Gasteiger partial charge in [-0.25, -0.2) is 0 Å². The molecule has 0 bridgehead atoms. The molecule has 0 radical (unpaired) electrons. The van der Waals surface area contributed by atoms with Crippen LogP contribution >= 0.6 is 0 Å². The maximum absolute atomic E-state index is 5.70. The minimum atomic E-state index is 0.571. The Hall–Kier alpha value is -1.71. The number of aliphatic imine (C=N–C) groups is 1. The van der Waals surface area contributed by atoms with Crippen molar-refractivity contribution in [3.63, 3.8) is 0 Å². The van der Waals surface area contributed by atoms with E-state index in [1.165, 1.54) is 5.69 Å². The molecule has 0 saturated heterocycles. The van der Waals surface area contributed by atoms with Crippen molar-refractivity contribution >= 4 is 11.6 Å². The van der Waals surface area contributed by atoms with Gasteiger partial charge in [0, 0.05) is 33.4 Å². The van der Waals surface area contributed by atoms with Crippen molar-refractivity contribution in [2.75, 3.05) is 39.1 Å². The van der Waals surface area contributed by atoms with Gasteiger partial charge < -0.3 is 15.5 Å². The number of rotatable bonds is 4. The Morgan fingerprint density at radius 1 is 1.19 bits per heavy atom. The van der Waals surface area contributed by atoms with Gasteiger partial charge in [0.1, 0.15) is 0 Å². The Balaban J connectivity index is 2.42. The molecule has 0 fully saturated rings. The largest absolute Gasteiger partial charge is 0.373 e. The summed E-state index contributed by atoms with van der Waals surface area (Å²) in [6, 6.07) is 10.2. The molecule has 88 valence electrons. The van der Waals surface area contributed by atoms with Crippen molar-refractivity contribution in [2.45, 2.75) is 0 Å². The summed E-state index contributed by atoms with van der Waals surface area (Å²) in [5.74, 6) is 0.571. The number of benzene rings is 1. The molecule has 4 nitrogen and oxygen atoms in total. The van der Waals surface area contributed by atoms with Gasteiger partial charge in [0.05, 0.1) is 6.54 Å². The van der Waals surface area contributed by atoms with Gasteiger partial charge in [-0.15, -0.1) is 0 Å². The summed E-state index contributed by atoms with van der Waals surface area (Å²) in [5.41, 5.74) is 6.89. The Morgan fingerprint density at radius 2 is 1.81 bits per heavy atom. The van der Waals surface area contributed by atoms with E-state index in [2.05, 4.69) is 29.1 Å². The molecule has 0 atom stereocenters. The third-order valence-corrected chi connectivity index (χ3v) is 2.36. The summed E-state index contributed by atoms with van der Waals surface area (Å²) < 4.78 is 0. The summed E-state index contributed by atoms with van der Waals surface area (Å²) >= 11 is 0. The molecule has 16 heavy (non-hydrogen) atoms. The van der Waals surface area contributed by atoms with Crippen LogP contribution in [-0.2, 0) is 0 Å². The van der Waals surface area contributed by atoms with Crippen LogP contribution in [0.4, 0.5) is 5.69 Å². The van der Waals surface area contributed by atoms with E-state index in [1.807, 2.05) is 37.2 Å². The second-order valence-electron chi connectivity index (χ2n) is 3.89. The van der Waals surface area contributed by atoms with Gasteiger partial charge in [0.2, 0.25) is 0 Å². The second kappa shape index (κ2) is 6.00. The normalized spacial score (nSPS) is 11.3. The summed E-state index contributed by atoms with van der Waals surface area (Å²) in [5, 5.41) is 0. The zero-order valence-electron chi connectivity index (χ0n) is 10.2. The molecule has 0 aliphatic carbocycles. The fourth-order valence-electron chi connectivity index (χ4n) is 1.27. The Kier molecular flexibility index (Phi) is 4.64. The summed E-state index contributed by atoms with van der Waals surface area (Å²) in [4.78, 5) is 8.24. The summed E-state index contributed by atoms with van der Waals surface area (Å²) in [6.07, 6.45) is 0. The monoisotopic (exact) mass is 220 g/mol. The van der Waals surface area contributed by atoms with Gasteiger partial charge in [-0.05, 0) is 12.1 Å². The average molecular weight is 220 g/mol. The molecule has 1 aromatic rings. The third kappa shape index (κ3) is 3.81. The first-order chi connectivity index (χ1) is 7.61. The van der Waals surface area contributed by atoms with E-state index >= 15 is 0 Å². The number of hydrogen-bond donors (Lipinski definition) is 1. The summed E-state index contributed by atoms with van der Waals surface area (Å²) in [7, 11) is 5.83. The summed E-state index contributed by atoms with van der Waals surface area (Å²) in [6.45, 7) is 1.56. The van der Waals surface area contributed by atoms with Crippen molar-refractivity contribution in [2.24, 2.45) is 10.7 Å². The minimum absolute atomic E-state index is 0.571. The number of nitrogens with zero attached hydrogens (tertiary/aromatic N) is 3. The van der Waals surface area contributed by atoms with E-state index in [0.29, 0.717) is 12.5 Å². The molecule has 4 heteroatoms. The predicted octanol–water partition coefficient (Wildman–Crippen LogP) is 0.999. The van der Waals surface area contributed by atoms with E-state index in [9.17, 15) is 0 Å². The molecule has 0 saturated carbocycles. The lowest BCUT2D eigenvalue weighted by Crippen LogP contribution is -2.31. The van der Waals surface area contributed by atoms with Crippen molar-refractivity contribution < 1.29 is 0 Å². The van der Waals surface area contributed by atoms with Crippen LogP contribution in [0.25, 0.3) is 0 Å². The number of nitrogens with two attached hydrogens (primary N) is 1. The zero-order valence-corrected chi connectivity index (χ0v) is 10.2. The highest BCUT2D eigenvalue weighted by molar-refractivity contribution is 5.77. The lowest BCUT2D eigenvalue weighted by Gasteiger charge is -2.18. The molecule has 1 aromatic carbocycles. The number of likely N-dealkylation sites (N-methyl/N-ethyl adjacent to an activating group) is 1. The highest BCUT2D eigenvalue weighted by atomic mass is 15.2. The van der Waals surface area contributed by atoms with E-state index < -0.39 is 0 Å². The maximum Gasteiger partial charge on any atom is 0.190 e. The molecule has 1 rings (SSSR count). The van der Waals surface area contributed by atoms with Crippen LogP contribution in [0.2, 0.25) is 0 Å². The highest BCUT2D eigenvalue weighted by Gasteiger charge is 1.99. The van der Waals surface area contributed by atoms with Gasteiger partial charge in [-0.2, -0.15) is 0 Å². The smallest absolute Gasteiger partial charge is 0.190 e. The fourth-order valence-corrected chi connectivity index (χ4v) is 1.27. The van der Waals surface area contributed by atoms with Crippen LogP contribution in [0.5, 0.6) is 0 Å². The first-order valence-electron chi connectivity index (χ1n) is 5.34. The highest BCUT2D eigenvalue weighted by Crippen LogP contribution is 2.09. The second-order valence-corrected chi connectivity index (χ2v) is 3.89. The molecule has 0 heterocycles. The zero-order chi connectivity index (χ0) is 12.0. The van der Waals surface area contributed by atoms with Crippen LogP contribution in [0.1, 0.15) is 0 Å². The molecule has 0 aliphatic rings. The number of hydrogen-bond acceptors (Lipinski definition) is 2. The quantitative estimate of drug-likeness (QED) is 0.608. The molecule has 0 spiro atoms. The van der Waals surface area contributed by atoms with Gasteiger partial charge in [-0.1, -0.05) is 18.2 Å². The van der Waals surface area contributed by atoms with Gasteiger partial charge in [0.25, 0.3) is 0 Å². The van der Waals surface area contributed by atoms with Crippen LogP contribution in [0.3, 0.4) is 0 Å². The predicted molar refractivity (Wildman–Crippen MR) is 69.9 cm³/mol. The minimum Gasteiger partial charge on any atom is -0.373 e. The molecule has 0 amide bonds. The first-order valence-corrected chi connectivity index (χ1v) is 5.34. The Morgan fingerprint density at radius 3 is 2.38 bits per heavy atom. The lowest BCUT2D eigenvalue weighted by atomic mass is 10.3. The van der Waals surface area contributed by atoms with E-state index in [4.69, 9.17) is 5.73 Å². The molecular weight excluding hydrogens is 200 g/mol. The third-order valence-electron chi connectivity index (χ3n) is 2.36. The molecule has 0 aliphatic heterocycles. The van der Waals surface area contributed by atoms with Crippen LogP contribution in [0.15, 0.2) is 35.3 Å². The van der Waals surface area contributed by atoms with Crippen LogP contribution < -0.4 is 10.6 Å². The Bertz CT molecular complexity index is 332. The molecule has 0 unspecified atom stereocenters. The Labute approximate surface area is 97.4 Å². The van der Waals surface area contributed by atoms with Crippen molar-refractivity contribution in [3.05, 3.63) is 30.3 Å². The first kappa shape index (κ1) is 12.4. The standard InChI is InChI=1S/C12H20N4/c1-15(2)12(13)14-9-10-16(3)11-7-5-4-6-8-11/h4-8H,9-10H2,1-3H3,(H2,13,14). The number of guanidine groups is 1. The fraction of sp³-hybridized carbons (Fsp3) is 0.417. The maximum atomic E-state index is 5.70. The average Bonchev–Trinajstić information content (AvgIpc) is 2.29. The van der Waals surface area contributed by atoms with Crippen molar-refractivity contribution in [1.82, 2.24) is 4.90 Å². The van der Waals surface area contributed by atoms with E-state index in [-0.39, 0.29) is 0 Å². The SMILES string of the molecule is CN(C)C(N)=NCCN(C)c1ccccc1. The van der Waals surface area contributed by atoms with Crippen LogP contribution in [-0.4, -0.2) is 45.1 Å². The van der Waals surface area contributed by atoms with Gasteiger partial charge >= 0.3 is 0 Å². The van der Waals surface area contributed by atoms with E-state index in [0.717, 1.165) is 6.54 Å². The van der Waals surface area contributed by atoms with Gasteiger partial charge in [0.15, 0.2) is 5.96 Å². The topological polar surface area (TPSA) is 44.9 Å². The van der Waals surface area contributed by atoms with E-state index in [1.54, 1.807) is 0 Å². The molecule has 0 aromatic heterocycles. The van der Waals surface area contributed by atoms with Crippen molar-refractivity contribution in [3.8, 4) is 0 Å². The van der Waals surface area contributed by atoms with Crippen LogP contribution in [0, 0.1) is 0 Å².